The highest BCUT2D eigenvalue weighted by molar-refractivity contribution is 5.95. The molecular formula is C28H25F2N3O2. The van der Waals surface area contributed by atoms with Crippen LogP contribution in [0.4, 0.5) is 8.78 Å². The van der Waals surface area contributed by atoms with Crippen molar-refractivity contribution in [1.29, 1.82) is 0 Å². The highest BCUT2D eigenvalue weighted by Gasteiger charge is 2.21. The Bertz CT molecular complexity index is 1460. The van der Waals surface area contributed by atoms with Gasteiger partial charge < -0.3 is 14.6 Å². The molecule has 0 radical (unpaired) electrons. The Morgan fingerprint density at radius 1 is 0.914 bits per heavy atom. The van der Waals surface area contributed by atoms with Gasteiger partial charge in [-0.3, -0.25) is 4.57 Å². The van der Waals surface area contributed by atoms with E-state index in [4.69, 9.17) is 4.74 Å². The first-order chi connectivity index (χ1) is 17.0. The summed E-state index contributed by atoms with van der Waals surface area (Å²) in [5, 5.41) is 0. The number of fused-ring (bicyclic) bond motifs is 3. The number of likely N-dealkylation sites (tertiary alicyclic amines) is 1. The maximum atomic E-state index is 14.0. The highest BCUT2D eigenvalue weighted by atomic mass is 19.1. The molecule has 2 aliphatic heterocycles. The van der Waals surface area contributed by atoms with Gasteiger partial charge in [-0.1, -0.05) is 12.1 Å². The number of benzene rings is 3. The summed E-state index contributed by atoms with van der Waals surface area (Å²) in [4.78, 5) is 18.0. The predicted octanol–water partition coefficient (Wildman–Crippen LogP) is 5.18. The zero-order chi connectivity index (χ0) is 23.9. The molecule has 35 heavy (non-hydrogen) atoms. The van der Waals surface area contributed by atoms with Crippen molar-refractivity contribution >= 4 is 22.7 Å². The third kappa shape index (κ3) is 4.17. The van der Waals surface area contributed by atoms with Crippen LogP contribution in [0, 0.1) is 11.6 Å². The molecule has 6 rings (SSSR count). The van der Waals surface area contributed by atoms with Gasteiger partial charge in [0.05, 0.1) is 11.0 Å². The van der Waals surface area contributed by atoms with E-state index in [1.807, 2.05) is 24.3 Å². The van der Waals surface area contributed by atoms with Crippen LogP contribution < -0.4 is 10.4 Å². The van der Waals surface area contributed by atoms with E-state index in [-0.39, 0.29) is 18.1 Å². The topological polar surface area (TPSA) is 50.3 Å². The van der Waals surface area contributed by atoms with Gasteiger partial charge in [-0.05, 0) is 85.1 Å². The van der Waals surface area contributed by atoms with E-state index >= 15 is 0 Å². The minimum Gasteiger partial charge on any atom is -0.488 e. The molecule has 1 N–H and O–H groups in total. The molecule has 0 spiro atoms. The van der Waals surface area contributed by atoms with Crippen molar-refractivity contribution in [3.05, 3.63) is 99.0 Å². The van der Waals surface area contributed by atoms with E-state index in [0.717, 1.165) is 52.9 Å². The Balaban J connectivity index is 1.42. The van der Waals surface area contributed by atoms with Gasteiger partial charge in [-0.25, -0.2) is 13.6 Å². The van der Waals surface area contributed by atoms with Crippen molar-refractivity contribution in [1.82, 2.24) is 14.5 Å². The maximum Gasteiger partial charge on any atom is 0.326 e. The van der Waals surface area contributed by atoms with Gasteiger partial charge in [0, 0.05) is 30.3 Å². The Morgan fingerprint density at radius 2 is 1.69 bits per heavy atom. The summed E-state index contributed by atoms with van der Waals surface area (Å²) >= 11 is 0. The zero-order valence-corrected chi connectivity index (χ0v) is 19.2. The summed E-state index contributed by atoms with van der Waals surface area (Å²) in [5.41, 5.74) is 5.43. The van der Waals surface area contributed by atoms with Crippen molar-refractivity contribution < 1.29 is 13.5 Å². The number of aromatic nitrogens is 2. The van der Waals surface area contributed by atoms with Crippen LogP contribution in [0.15, 0.2) is 59.4 Å². The number of nitrogens with zero attached hydrogens (tertiary/aromatic N) is 2. The van der Waals surface area contributed by atoms with Gasteiger partial charge in [-0.2, -0.15) is 0 Å². The molecule has 178 valence electrons. The third-order valence-corrected chi connectivity index (χ3v) is 6.92. The summed E-state index contributed by atoms with van der Waals surface area (Å²) in [6, 6.07) is 14.9. The molecule has 1 saturated heterocycles. The molecule has 3 heterocycles. The largest absolute Gasteiger partial charge is 0.488 e. The smallest absolute Gasteiger partial charge is 0.326 e. The molecule has 0 aliphatic carbocycles. The lowest BCUT2D eigenvalue weighted by molar-refractivity contribution is 0.305. The summed E-state index contributed by atoms with van der Waals surface area (Å²) in [6.07, 6.45) is 4.41. The molecule has 0 saturated carbocycles. The van der Waals surface area contributed by atoms with Gasteiger partial charge in [-0.15, -0.1) is 0 Å². The van der Waals surface area contributed by atoms with Crippen LogP contribution in [0.2, 0.25) is 0 Å². The van der Waals surface area contributed by atoms with E-state index in [0.29, 0.717) is 17.9 Å². The molecule has 5 nitrogen and oxygen atoms in total. The molecule has 3 aromatic carbocycles. The van der Waals surface area contributed by atoms with E-state index in [2.05, 4.69) is 9.88 Å². The number of aromatic amines is 1. The zero-order valence-electron chi connectivity index (χ0n) is 19.2. The summed E-state index contributed by atoms with van der Waals surface area (Å²) < 4.78 is 35.6. The second kappa shape index (κ2) is 8.82. The van der Waals surface area contributed by atoms with Gasteiger partial charge in [0.2, 0.25) is 0 Å². The predicted molar refractivity (Wildman–Crippen MR) is 132 cm³/mol. The summed E-state index contributed by atoms with van der Waals surface area (Å²) in [5.74, 6) is -0.331. The minimum atomic E-state index is -0.394. The molecule has 0 bridgehead atoms. The van der Waals surface area contributed by atoms with Gasteiger partial charge in [0.25, 0.3) is 0 Å². The second-order valence-corrected chi connectivity index (χ2v) is 9.20. The average molecular weight is 474 g/mol. The molecule has 7 heteroatoms. The van der Waals surface area contributed by atoms with Crippen LogP contribution in [0.5, 0.6) is 5.75 Å². The van der Waals surface area contributed by atoms with Crippen LogP contribution in [0.3, 0.4) is 0 Å². The number of hydrogen-bond acceptors (Lipinski definition) is 3. The standard InChI is InChI=1S/C28H25F2N3O2/c29-20-4-6-22-19(15-20)17-35-27-16-21(30)5-7-23(27)24(22)13-18-3-8-26-25(14-18)31-28(34)33(26)12-11-32-9-1-2-10-32/h3-8,13-16H,1-2,9-12,17H2,(H,31,34)/b24-13+. The average Bonchev–Trinajstić information content (AvgIpc) is 3.44. The molecule has 1 aromatic heterocycles. The van der Waals surface area contributed by atoms with Crippen LogP contribution in [-0.4, -0.2) is 34.1 Å². The number of imidazole rings is 1. The third-order valence-electron chi connectivity index (χ3n) is 6.92. The fraction of sp³-hybridized carbons (Fsp3) is 0.250. The fourth-order valence-corrected chi connectivity index (χ4v) is 5.15. The minimum absolute atomic E-state index is 0.117. The molecule has 2 aliphatic rings. The normalized spacial score (nSPS) is 16.8. The maximum absolute atomic E-state index is 14.0. The fourth-order valence-electron chi connectivity index (χ4n) is 5.15. The number of halogens is 2. The van der Waals surface area contributed by atoms with E-state index in [1.165, 1.54) is 37.1 Å². The van der Waals surface area contributed by atoms with Gasteiger partial charge in [0.1, 0.15) is 24.0 Å². The van der Waals surface area contributed by atoms with Crippen molar-refractivity contribution in [2.75, 3.05) is 19.6 Å². The molecule has 1 fully saturated rings. The van der Waals surface area contributed by atoms with Crippen LogP contribution in [-0.2, 0) is 13.2 Å². The van der Waals surface area contributed by atoms with Crippen LogP contribution in [0.1, 0.15) is 35.1 Å². The first kappa shape index (κ1) is 21.8. The van der Waals surface area contributed by atoms with Crippen molar-refractivity contribution in [3.63, 3.8) is 0 Å². The Morgan fingerprint density at radius 3 is 2.51 bits per heavy atom. The van der Waals surface area contributed by atoms with E-state index in [9.17, 15) is 13.6 Å². The Kier molecular flexibility index (Phi) is 5.49. The molecule has 0 unspecified atom stereocenters. The SMILES string of the molecule is O=c1[nH]c2cc(/C=C3\c4ccc(F)cc4COc4cc(F)ccc43)ccc2n1CCN1CCCC1. The lowest BCUT2D eigenvalue weighted by atomic mass is 9.92. The quantitative estimate of drug-likeness (QED) is 0.444. The number of hydrogen-bond donors (Lipinski definition) is 1. The van der Waals surface area contributed by atoms with Gasteiger partial charge >= 0.3 is 5.69 Å². The number of rotatable bonds is 4. The summed E-state index contributed by atoms with van der Waals surface area (Å²) in [7, 11) is 0. The molecule has 4 aromatic rings. The first-order valence-electron chi connectivity index (χ1n) is 11.9. The highest BCUT2D eigenvalue weighted by Crippen LogP contribution is 2.38. The van der Waals surface area contributed by atoms with Gasteiger partial charge in [0.15, 0.2) is 0 Å². The van der Waals surface area contributed by atoms with E-state index in [1.54, 1.807) is 16.7 Å². The Hall–Kier alpha value is -3.71. The van der Waals surface area contributed by atoms with Crippen molar-refractivity contribution in [2.45, 2.75) is 26.0 Å². The molecular weight excluding hydrogens is 448 g/mol. The Labute approximate surface area is 201 Å². The number of ether oxygens (including phenoxy) is 1. The van der Waals surface area contributed by atoms with Crippen LogP contribution in [0.25, 0.3) is 22.7 Å². The monoisotopic (exact) mass is 473 g/mol. The number of H-pyrrole nitrogens is 1. The molecule has 0 amide bonds. The van der Waals surface area contributed by atoms with E-state index < -0.39 is 5.82 Å². The first-order valence-corrected chi connectivity index (χ1v) is 11.9. The van der Waals surface area contributed by atoms with Crippen LogP contribution >= 0.6 is 0 Å². The van der Waals surface area contributed by atoms with Crippen molar-refractivity contribution in [3.8, 4) is 5.75 Å². The summed E-state index contributed by atoms with van der Waals surface area (Å²) in [6.45, 7) is 3.84. The lowest BCUT2D eigenvalue weighted by Gasteiger charge is -2.14. The second-order valence-electron chi connectivity index (χ2n) is 9.20. The molecule has 0 atom stereocenters. The van der Waals surface area contributed by atoms with Crippen molar-refractivity contribution in [2.24, 2.45) is 0 Å². The lowest BCUT2D eigenvalue weighted by Crippen LogP contribution is -2.28. The number of nitrogens with one attached hydrogen (secondary N) is 1.